The second-order valence-electron chi connectivity index (χ2n) is 5.98. The molecule has 0 aliphatic carbocycles. The monoisotopic (exact) mass is 300 g/mol. The maximum Gasteiger partial charge on any atom is 0.253 e. The zero-order valence-electron chi connectivity index (χ0n) is 12.3. The van der Waals surface area contributed by atoms with E-state index in [0.29, 0.717) is 11.1 Å². The van der Waals surface area contributed by atoms with Crippen LogP contribution in [0.1, 0.15) is 52.6 Å². The Labute approximate surface area is 129 Å². The van der Waals surface area contributed by atoms with E-state index in [-0.39, 0.29) is 16.8 Å². The van der Waals surface area contributed by atoms with Crippen molar-refractivity contribution >= 4 is 22.6 Å². The van der Waals surface area contributed by atoms with Gasteiger partial charge in [0, 0.05) is 16.7 Å². The number of rotatable bonds is 3. The molecule has 2 aromatic carbocycles. The van der Waals surface area contributed by atoms with Crippen LogP contribution in [0.25, 0.3) is 0 Å². The Bertz CT molecular complexity index is 679. The van der Waals surface area contributed by atoms with E-state index in [1.807, 2.05) is 12.1 Å². The van der Waals surface area contributed by atoms with Gasteiger partial charge < -0.3 is 0 Å². The molecule has 0 aliphatic heterocycles. The highest BCUT2D eigenvalue weighted by Gasteiger charge is 2.18. The highest BCUT2D eigenvalue weighted by atomic mass is 35.5. The van der Waals surface area contributed by atoms with E-state index >= 15 is 0 Å². The minimum atomic E-state index is -0.620. The van der Waals surface area contributed by atoms with E-state index in [0.717, 1.165) is 5.56 Å². The minimum Gasteiger partial charge on any atom is -0.289 e. The Balaban J connectivity index is 2.40. The van der Waals surface area contributed by atoms with E-state index in [1.54, 1.807) is 36.4 Å². The Morgan fingerprint density at radius 2 is 1.38 bits per heavy atom. The van der Waals surface area contributed by atoms with Crippen LogP contribution in [-0.2, 0) is 5.41 Å². The van der Waals surface area contributed by atoms with Crippen LogP contribution < -0.4 is 0 Å². The first-order chi connectivity index (χ1) is 9.80. The zero-order valence-corrected chi connectivity index (χ0v) is 13.1. The molecule has 2 aromatic rings. The Morgan fingerprint density at radius 3 is 1.86 bits per heavy atom. The highest BCUT2D eigenvalue weighted by molar-refractivity contribution is 6.68. The van der Waals surface area contributed by atoms with E-state index in [2.05, 4.69) is 20.8 Å². The lowest BCUT2D eigenvalue weighted by atomic mass is 9.86. The average molecular weight is 301 g/mol. The summed E-state index contributed by atoms with van der Waals surface area (Å²) in [4.78, 5) is 23.9. The van der Waals surface area contributed by atoms with Crippen molar-refractivity contribution in [2.75, 3.05) is 0 Å². The average Bonchev–Trinajstić information content (AvgIpc) is 2.45. The minimum absolute atomic E-state index is 0.0333. The highest BCUT2D eigenvalue weighted by Crippen LogP contribution is 2.23. The molecule has 0 spiro atoms. The lowest BCUT2D eigenvalue weighted by Crippen LogP contribution is -2.12. The lowest BCUT2D eigenvalue weighted by Gasteiger charge is -2.19. The van der Waals surface area contributed by atoms with Crippen molar-refractivity contribution in [2.45, 2.75) is 26.2 Å². The van der Waals surface area contributed by atoms with Crippen LogP contribution >= 0.6 is 11.6 Å². The Hall–Kier alpha value is -1.93. The van der Waals surface area contributed by atoms with Crippen LogP contribution in [-0.4, -0.2) is 11.0 Å². The van der Waals surface area contributed by atoms with Crippen molar-refractivity contribution in [3.8, 4) is 0 Å². The second-order valence-corrected chi connectivity index (χ2v) is 6.32. The van der Waals surface area contributed by atoms with Gasteiger partial charge in [-0.25, -0.2) is 0 Å². The molecule has 0 N–H and O–H groups in total. The van der Waals surface area contributed by atoms with E-state index in [9.17, 15) is 9.59 Å². The molecule has 0 aliphatic rings. The van der Waals surface area contributed by atoms with Gasteiger partial charge in [0.2, 0.25) is 0 Å². The van der Waals surface area contributed by atoms with Crippen LogP contribution in [0.4, 0.5) is 0 Å². The molecule has 0 fully saturated rings. The first-order valence-corrected chi connectivity index (χ1v) is 7.12. The van der Waals surface area contributed by atoms with Crippen LogP contribution in [0.3, 0.4) is 0 Å². The normalized spacial score (nSPS) is 11.2. The van der Waals surface area contributed by atoms with Gasteiger partial charge in [-0.15, -0.1) is 0 Å². The third kappa shape index (κ3) is 3.40. The standard InChI is InChI=1S/C18H17ClO2/c1-18(2,3)13-10-8-12(9-11-13)16(20)14-6-4-5-7-15(14)17(19)21/h4-11H,1-3H3. The van der Waals surface area contributed by atoms with Gasteiger partial charge in [0.05, 0.1) is 0 Å². The topological polar surface area (TPSA) is 34.1 Å². The summed E-state index contributed by atoms with van der Waals surface area (Å²) in [5, 5.41) is -0.620. The van der Waals surface area contributed by atoms with Crippen molar-refractivity contribution in [1.29, 1.82) is 0 Å². The van der Waals surface area contributed by atoms with Crippen LogP contribution in [0.5, 0.6) is 0 Å². The predicted octanol–water partition coefficient (Wildman–Crippen LogP) is 4.59. The number of ketones is 1. The molecule has 0 bridgehead atoms. The van der Waals surface area contributed by atoms with Gasteiger partial charge in [-0.3, -0.25) is 9.59 Å². The molecule has 0 aromatic heterocycles. The van der Waals surface area contributed by atoms with Crippen LogP contribution in [0.15, 0.2) is 48.5 Å². The Morgan fingerprint density at radius 1 is 0.857 bits per heavy atom. The second kappa shape index (κ2) is 5.82. The summed E-state index contributed by atoms with van der Waals surface area (Å²) in [5.74, 6) is -0.194. The fourth-order valence-corrected chi connectivity index (χ4v) is 2.29. The van der Waals surface area contributed by atoms with Crippen molar-refractivity contribution in [2.24, 2.45) is 0 Å². The van der Waals surface area contributed by atoms with Crippen molar-refractivity contribution in [3.05, 3.63) is 70.8 Å². The third-order valence-electron chi connectivity index (χ3n) is 3.40. The molecule has 0 atom stereocenters. The van der Waals surface area contributed by atoms with Gasteiger partial charge >= 0.3 is 0 Å². The van der Waals surface area contributed by atoms with Gasteiger partial charge in [0.25, 0.3) is 5.24 Å². The Kier molecular flexibility index (Phi) is 4.29. The number of carbonyl (C=O) groups excluding carboxylic acids is 2. The molecule has 0 radical (unpaired) electrons. The number of halogens is 1. The molecule has 2 rings (SSSR count). The lowest BCUT2D eigenvalue weighted by molar-refractivity contribution is 0.102. The van der Waals surface area contributed by atoms with E-state index in [1.165, 1.54) is 0 Å². The summed E-state index contributed by atoms with van der Waals surface area (Å²) in [6, 6.07) is 14.1. The largest absolute Gasteiger partial charge is 0.289 e. The number of benzene rings is 2. The summed E-state index contributed by atoms with van der Waals surface area (Å²) < 4.78 is 0. The molecule has 3 heteroatoms. The first-order valence-electron chi connectivity index (χ1n) is 6.75. The van der Waals surface area contributed by atoms with E-state index < -0.39 is 5.24 Å². The van der Waals surface area contributed by atoms with Gasteiger partial charge in [-0.1, -0.05) is 63.2 Å². The summed E-state index contributed by atoms with van der Waals surface area (Å²) in [5.41, 5.74) is 2.31. The third-order valence-corrected chi connectivity index (χ3v) is 3.60. The smallest absolute Gasteiger partial charge is 0.253 e. The molecule has 0 amide bonds. The fourth-order valence-electron chi connectivity index (χ4n) is 2.13. The van der Waals surface area contributed by atoms with E-state index in [4.69, 9.17) is 11.6 Å². The number of carbonyl (C=O) groups is 2. The number of hydrogen-bond acceptors (Lipinski definition) is 2. The van der Waals surface area contributed by atoms with Crippen molar-refractivity contribution in [1.82, 2.24) is 0 Å². The van der Waals surface area contributed by atoms with Crippen LogP contribution in [0, 0.1) is 0 Å². The van der Waals surface area contributed by atoms with Gasteiger partial charge in [-0.2, -0.15) is 0 Å². The molecular weight excluding hydrogens is 284 g/mol. The van der Waals surface area contributed by atoms with Gasteiger partial charge in [0.15, 0.2) is 5.78 Å². The van der Waals surface area contributed by atoms with Gasteiger partial charge in [-0.05, 0) is 28.6 Å². The molecule has 108 valence electrons. The maximum absolute atomic E-state index is 12.5. The van der Waals surface area contributed by atoms with Crippen LogP contribution in [0.2, 0.25) is 0 Å². The summed E-state index contributed by atoms with van der Waals surface area (Å²) in [6.45, 7) is 6.35. The molecule has 2 nitrogen and oxygen atoms in total. The summed E-state index contributed by atoms with van der Waals surface area (Å²) >= 11 is 5.53. The van der Waals surface area contributed by atoms with Crippen molar-refractivity contribution < 1.29 is 9.59 Å². The predicted molar refractivity (Wildman–Crippen MR) is 85.2 cm³/mol. The van der Waals surface area contributed by atoms with Gasteiger partial charge in [0.1, 0.15) is 0 Å². The molecule has 0 heterocycles. The molecule has 21 heavy (non-hydrogen) atoms. The molecule has 0 saturated carbocycles. The fraction of sp³-hybridized carbons (Fsp3) is 0.222. The summed E-state index contributed by atoms with van der Waals surface area (Å²) in [7, 11) is 0. The zero-order chi connectivity index (χ0) is 15.6. The first kappa shape index (κ1) is 15.5. The quantitative estimate of drug-likeness (QED) is 0.613. The SMILES string of the molecule is CC(C)(C)c1ccc(C(=O)c2ccccc2C(=O)Cl)cc1. The van der Waals surface area contributed by atoms with Crippen molar-refractivity contribution in [3.63, 3.8) is 0 Å². The molecule has 0 saturated heterocycles. The maximum atomic E-state index is 12.5. The molecule has 0 unspecified atom stereocenters. The summed E-state index contributed by atoms with van der Waals surface area (Å²) in [6.07, 6.45) is 0. The number of hydrogen-bond donors (Lipinski definition) is 0. The molecular formula is C18H17ClO2.